The normalized spacial score (nSPS) is 14.6. The van der Waals surface area contributed by atoms with E-state index in [0.717, 1.165) is 24.0 Å². The molecule has 0 saturated heterocycles. The summed E-state index contributed by atoms with van der Waals surface area (Å²) in [5.74, 6) is -2.25. The van der Waals surface area contributed by atoms with E-state index in [1.165, 1.54) is 6.07 Å². The Labute approximate surface area is 263 Å². The van der Waals surface area contributed by atoms with Crippen molar-refractivity contribution in [3.63, 3.8) is 0 Å². The number of aliphatic hydroxyl groups excluding tert-OH is 1. The SMILES string of the molecule is CCCCc1c(-c2ccc(C(=O)OC(C)(C)C)cc2C(=O)N2Cc3ccccc3C[C@H]2CO)c(C(=O)O)nn1-c1ccccc1. The molecule has 0 radical (unpaired) electrons. The van der Waals surface area contributed by atoms with Crippen molar-refractivity contribution < 1.29 is 29.3 Å². The number of aromatic carboxylic acids is 1. The molecular weight excluding hydrogens is 570 g/mol. The third-order valence-electron chi connectivity index (χ3n) is 7.93. The zero-order chi connectivity index (χ0) is 32.3. The molecule has 2 heterocycles. The first-order valence-electron chi connectivity index (χ1n) is 15.3. The van der Waals surface area contributed by atoms with Crippen LogP contribution in [0.4, 0.5) is 0 Å². The van der Waals surface area contributed by atoms with Gasteiger partial charge in [0, 0.05) is 17.7 Å². The van der Waals surface area contributed by atoms with Gasteiger partial charge in [0.05, 0.1) is 29.6 Å². The zero-order valence-corrected chi connectivity index (χ0v) is 26.1. The summed E-state index contributed by atoms with van der Waals surface area (Å²) in [6, 6.07) is 21.2. The molecule has 45 heavy (non-hydrogen) atoms. The van der Waals surface area contributed by atoms with Crippen LogP contribution in [0.1, 0.15) is 88.6 Å². The monoisotopic (exact) mass is 609 g/mol. The second-order valence-electron chi connectivity index (χ2n) is 12.3. The minimum Gasteiger partial charge on any atom is -0.476 e. The van der Waals surface area contributed by atoms with E-state index in [1.54, 1.807) is 42.5 Å². The molecule has 9 heteroatoms. The van der Waals surface area contributed by atoms with E-state index in [1.807, 2.05) is 54.6 Å². The molecular formula is C36H39N3O6. The van der Waals surface area contributed by atoms with Crippen molar-refractivity contribution in [1.29, 1.82) is 0 Å². The number of rotatable bonds is 9. The van der Waals surface area contributed by atoms with Crippen LogP contribution in [0.5, 0.6) is 0 Å². The van der Waals surface area contributed by atoms with Gasteiger partial charge in [0.2, 0.25) is 0 Å². The van der Waals surface area contributed by atoms with Crippen LogP contribution in [0.3, 0.4) is 0 Å². The minimum absolute atomic E-state index is 0.143. The largest absolute Gasteiger partial charge is 0.476 e. The lowest BCUT2D eigenvalue weighted by atomic mass is 9.90. The molecule has 1 aliphatic heterocycles. The average molecular weight is 610 g/mol. The predicted molar refractivity (Wildman–Crippen MR) is 171 cm³/mol. The number of carboxylic acids is 1. The third kappa shape index (κ3) is 6.68. The maximum absolute atomic E-state index is 14.6. The van der Waals surface area contributed by atoms with Gasteiger partial charge in [-0.3, -0.25) is 4.79 Å². The summed E-state index contributed by atoms with van der Waals surface area (Å²) in [6.45, 7) is 7.34. The molecule has 1 amide bonds. The number of hydrogen-bond donors (Lipinski definition) is 2. The molecule has 234 valence electrons. The highest BCUT2D eigenvalue weighted by Gasteiger charge is 2.34. The highest BCUT2D eigenvalue weighted by atomic mass is 16.6. The number of aromatic nitrogens is 2. The number of carbonyl (C=O) groups is 3. The number of aliphatic hydroxyl groups is 1. The highest BCUT2D eigenvalue weighted by Crippen LogP contribution is 2.36. The van der Waals surface area contributed by atoms with Crippen molar-refractivity contribution in [2.24, 2.45) is 0 Å². The van der Waals surface area contributed by atoms with Crippen LogP contribution in [0.15, 0.2) is 72.8 Å². The number of hydrogen-bond acceptors (Lipinski definition) is 6. The lowest BCUT2D eigenvalue weighted by Gasteiger charge is -2.36. The van der Waals surface area contributed by atoms with E-state index in [9.17, 15) is 24.6 Å². The van der Waals surface area contributed by atoms with Gasteiger partial charge in [-0.05, 0) is 81.0 Å². The molecule has 0 unspecified atom stereocenters. The number of amides is 1. The number of para-hydroxylation sites is 1. The van der Waals surface area contributed by atoms with Crippen LogP contribution in [-0.4, -0.2) is 61.0 Å². The van der Waals surface area contributed by atoms with Crippen LogP contribution in [-0.2, 0) is 24.1 Å². The van der Waals surface area contributed by atoms with Gasteiger partial charge in [0.15, 0.2) is 5.69 Å². The number of benzene rings is 3. The van der Waals surface area contributed by atoms with Gasteiger partial charge in [-0.25, -0.2) is 14.3 Å². The first kappa shape index (κ1) is 31.7. The summed E-state index contributed by atoms with van der Waals surface area (Å²) in [7, 11) is 0. The van der Waals surface area contributed by atoms with E-state index in [-0.39, 0.29) is 30.0 Å². The molecule has 4 aromatic rings. The third-order valence-corrected chi connectivity index (χ3v) is 7.93. The van der Waals surface area contributed by atoms with E-state index >= 15 is 0 Å². The van der Waals surface area contributed by atoms with Crippen molar-refractivity contribution in [1.82, 2.24) is 14.7 Å². The van der Waals surface area contributed by atoms with Gasteiger partial charge in [-0.15, -0.1) is 0 Å². The Kier molecular flexibility index (Phi) is 9.20. The van der Waals surface area contributed by atoms with Crippen molar-refractivity contribution in [3.05, 3.63) is 106 Å². The van der Waals surface area contributed by atoms with E-state index in [2.05, 4.69) is 12.0 Å². The molecule has 2 N–H and O–H groups in total. The Morgan fingerprint density at radius 1 is 0.978 bits per heavy atom. The highest BCUT2D eigenvalue weighted by molar-refractivity contribution is 6.06. The molecule has 9 nitrogen and oxygen atoms in total. The van der Waals surface area contributed by atoms with E-state index in [4.69, 9.17) is 4.74 Å². The molecule has 0 spiro atoms. The van der Waals surface area contributed by atoms with Gasteiger partial charge in [0.25, 0.3) is 5.91 Å². The number of fused-ring (bicyclic) bond motifs is 1. The molecule has 0 aliphatic carbocycles. The van der Waals surface area contributed by atoms with Crippen molar-refractivity contribution in [2.75, 3.05) is 6.61 Å². The van der Waals surface area contributed by atoms with E-state index in [0.29, 0.717) is 35.3 Å². The lowest BCUT2D eigenvalue weighted by Crippen LogP contribution is -2.46. The summed E-state index contributed by atoms with van der Waals surface area (Å²) < 4.78 is 7.26. The first-order valence-corrected chi connectivity index (χ1v) is 15.3. The maximum atomic E-state index is 14.6. The quantitative estimate of drug-likeness (QED) is 0.220. The summed E-state index contributed by atoms with van der Waals surface area (Å²) >= 11 is 0. The number of carbonyl (C=O) groups excluding carboxylic acids is 2. The van der Waals surface area contributed by atoms with E-state index < -0.39 is 29.5 Å². The summed E-state index contributed by atoms with van der Waals surface area (Å²) in [5.41, 5.74) is 3.41. The molecule has 1 aliphatic rings. The lowest BCUT2D eigenvalue weighted by molar-refractivity contribution is 0.00692. The van der Waals surface area contributed by atoms with Crippen LogP contribution >= 0.6 is 0 Å². The second kappa shape index (κ2) is 13.1. The van der Waals surface area contributed by atoms with Gasteiger partial charge in [0.1, 0.15) is 5.60 Å². The first-order chi connectivity index (χ1) is 21.5. The molecule has 1 atom stereocenters. The van der Waals surface area contributed by atoms with Gasteiger partial charge >= 0.3 is 11.9 Å². The molecule has 3 aromatic carbocycles. The molecule has 5 rings (SSSR count). The van der Waals surface area contributed by atoms with Crippen LogP contribution < -0.4 is 0 Å². The Bertz CT molecular complexity index is 1720. The second-order valence-corrected chi connectivity index (χ2v) is 12.3. The number of unbranched alkanes of at least 4 members (excludes halogenated alkanes) is 1. The summed E-state index contributed by atoms with van der Waals surface area (Å²) in [5, 5.41) is 25.3. The summed E-state index contributed by atoms with van der Waals surface area (Å²) in [6.07, 6.45) is 2.60. The average Bonchev–Trinajstić information content (AvgIpc) is 3.41. The Hall–Kier alpha value is -4.76. The van der Waals surface area contributed by atoms with Crippen molar-refractivity contribution >= 4 is 17.8 Å². The molecule has 1 aromatic heterocycles. The fourth-order valence-electron chi connectivity index (χ4n) is 5.79. The van der Waals surface area contributed by atoms with Crippen LogP contribution in [0, 0.1) is 0 Å². The fraction of sp³-hybridized carbons (Fsp3) is 0.333. The van der Waals surface area contributed by atoms with Crippen LogP contribution in [0.2, 0.25) is 0 Å². The number of nitrogens with zero attached hydrogens (tertiary/aromatic N) is 3. The smallest absolute Gasteiger partial charge is 0.357 e. The molecule has 0 saturated carbocycles. The summed E-state index contributed by atoms with van der Waals surface area (Å²) in [4.78, 5) is 42.2. The topological polar surface area (TPSA) is 122 Å². The zero-order valence-electron chi connectivity index (χ0n) is 26.1. The van der Waals surface area contributed by atoms with Crippen molar-refractivity contribution in [3.8, 4) is 16.8 Å². The Balaban J connectivity index is 1.74. The standard InChI is InChI=1S/C36H39N3O6/c1-5-6-16-30-31(32(34(42)43)37-39(30)26-14-8-7-9-15-26)28-18-17-24(35(44)45-36(2,3)4)20-29(28)33(41)38-21-25-13-11-10-12-23(25)19-27(38)22-40/h7-15,17-18,20,27,40H,5-6,16,19,21-22H2,1-4H3,(H,42,43)/t27-/m0/s1. The fourth-order valence-corrected chi connectivity index (χ4v) is 5.79. The Morgan fingerprint density at radius 2 is 1.67 bits per heavy atom. The Morgan fingerprint density at radius 3 is 2.31 bits per heavy atom. The maximum Gasteiger partial charge on any atom is 0.357 e. The molecule has 0 bridgehead atoms. The number of esters is 1. The van der Waals surface area contributed by atoms with Gasteiger partial charge in [-0.1, -0.05) is 61.9 Å². The molecule has 0 fully saturated rings. The predicted octanol–water partition coefficient (Wildman–Crippen LogP) is 6.09. The number of ether oxygens (including phenoxy) is 1. The van der Waals surface area contributed by atoms with Gasteiger partial charge < -0.3 is 19.8 Å². The van der Waals surface area contributed by atoms with Crippen LogP contribution in [0.25, 0.3) is 16.8 Å². The minimum atomic E-state index is -1.23. The van der Waals surface area contributed by atoms with Crippen molar-refractivity contribution in [2.45, 2.75) is 71.6 Å². The number of carboxylic acid groups (broad SMARTS) is 1. The van der Waals surface area contributed by atoms with Gasteiger partial charge in [-0.2, -0.15) is 5.10 Å².